The average molecular weight is 310 g/mol. The molecule has 0 aliphatic rings. The van der Waals surface area contributed by atoms with Crippen LogP contribution in [0.4, 0.5) is 17.5 Å². The maximum absolute atomic E-state index is 8.88. The zero-order valence-corrected chi connectivity index (χ0v) is 12.8. The van der Waals surface area contributed by atoms with Crippen molar-refractivity contribution in [2.45, 2.75) is 6.92 Å². The fraction of sp³-hybridized carbons (Fsp3) is 0.188. The largest absolute Gasteiger partial charge is 0.395 e. The molecule has 0 atom stereocenters. The maximum atomic E-state index is 8.88. The third kappa shape index (κ3) is 3.83. The Bertz CT molecular complexity index is 755. The summed E-state index contributed by atoms with van der Waals surface area (Å²) < 4.78 is 1.93. The highest BCUT2D eigenvalue weighted by molar-refractivity contribution is 5.57. The van der Waals surface area contributed by atoms with Gasteiger partial charge in [-0.25, -0.2) is 9.97 Å². The number of nitrogens with one attached hydrogen (secondary N) is 2. The van der Waals surface area contributed by atoms with E-state index in [0.717, 1.165) is 17.1 Å². The second-order valence-electron chi connectivity index (χ2n) is 5.01. The van der Waals surface area contributed by atoms with Gasteiger partial charge >= 0.3 is 0 Å². The zero-order chi connectivity index (χ0) is 16.1. The lowest BCUT2D eigenvalue weighted by molar-refractivity contribution is 0.311. The number of aliphatic hydroxyl groups excluding tert-OH is 1. The molecule has 1 aromatic carbocycles. The molecule has 0 fully saturated rings. The van der Waals surface area contributed by atoms with Crippen LogP contribution in [0.15, 0.2) is 49.1 Å². The molecular formula is C16H18N6O. The molecule has 3 aromatic rings. The lowest BCUT2D eigenvalue weighted by atomic mass is 10.3. The van der Waals surface area contributed by atoms with Crippen LogP contribution in [0.3, 0.4) is 0 Å². The van der Waals surface area contributed by atoms with Gasteiger partial charge in [0, 0.05) is 42.1 Å². The Morgan fingerprint density at radius 1 is 1.17 bits per heavy atom. The van der Waals surface area contributed by atoms with Gasteiger partial charge in [0.05, 0.1) is 12.9 Å². The Morgan fingerprint density at radius 2 is 2.00 bits per heavy atom. The second-order valence-corrected chi connectivity index (χ2v) is 5.01. The first-order valence-electron chi connectivity index (χ1n) is 7.30. The van der Waals surface area contributed by atoms with Crippen molar-refractivity contribution in [3.8, 4) is 5.69 Å². The van der Waals surface area contributed by atoms with E-state index in [1.807, 2.05) is 48.0 Å². The fourth-order valence-corrected chi connectivity index (χ4v) is 2.16. The van der Waals surface area contributed by atoms with Gasteiger partial charge in [-0.3, -0.25) is 0 Å². The number of hydrogen-bond acceptors (Lipinski definition) is 6. The van der Waals surface area contributed by atoms with E-state index in [2.05, 4.69) is 25.6 Å². The van der Waals surface area contributed by atoms with Gasteiger partial charge in [-0.15, -0.1) is 0 Å². The van der Waals surface area contributed by atoms with E-state index in [4.69, 9.17) is 5.11 Å². The third-order valence-corrected chi connectivity index (χ3v) is 3.20. The lowest BCUT2D eigenvalue weighted by Crippen LogP contribution is -2.09. The molecule has 2 aromatic heterocycles. The van der Waals surface area contributed by atoms with E-state index in [1.54, 1.807) is 12.5 Å². The Balaban J connectivity index is 1.75. The molecule has 2 heterocycles. The number of nitrogens with zero attached hydrogens (tertiary/aromatic N) is 4. The zero-order valence-electron chi connectivity index (χ0n) is 12.8. The summed E-state index contributed by atoms with van der Waals surface area (Å²) in [5.74, 6) is 1.20. The predicted octanol–water partition coefficient (Wildman–Crippen LogP) is 2.12. The van der Waals surface area contributed by atoms with Crippen LogP contribution < -0.4 is 10.6 Å². The predicted molar refractivity (Wildman–Crippen MR) is 89.2 cm³/mol. The summed E-state index contributed by atoms with van der Waals surface area (Å²) >= 11 is 0. The van der Waals surface area contributed by atoms with Crippen molar-refractivity contribution >= 4 is 17.5 Å². The minimum atomic E-state index is 0.0571. The van der Waals surface area contributed by atoms with Crippen molar-refractivity contribution < 1.29 is 5.11 Å². The van der Waals surface area contributed by atoms with E-state index in [0.29, 0.717) is 18.3 Å². The Kier molecular flexibility index (Phi) is 4.49. The van der Waals surface area contributed by atoms with Crippen molar-refractivity contribution in [2.75, 3.05) is 23.8 Å². The first kappa shape index (κ1) is 15.0. The van der Waals surface area contributed by atoms with Crippen molar-refractivity contribution in [3.63, 3.8) is 0 Å². The Labute approximate surface area is 134 Å². The van der Waals surface area contributed by atoms with Crippen LogP contribution in [-0.2, 0) is 0 Å². The molecule has 3 rings (SSSR count). The molecule has 3 N–H and O–H groups in total. The Hall–Kier alpha value is -2.93. The highest BCUT2D eigenvalue weighted by atomic mass is 16.3. The van der Waals surface area contributed by atoms with Crippen LogP contribution in [0.1, 0.15) is 5.69 Å². The first-order chi connectivity index (χ1) is 11.2. The summed E-state index contributed by atoms with van der Waals surface area (Å²) in [5.41, 5.74) is 2.77. The molecule has 0 radical (unpaired) electrons. The van der Waals surface area contributed by atoms with E-state index >= 15 is 0 Å². The molecule has 7 nitrogen and oxygen atoms in total. The molecule has 0 aliphatic heterocycles. The van der Waals surface area contributed by atoms with Crippen molar-refractivity contribution in [1.82, 2.24) is 19.5 Å². The number of aromatic nitrogens is 4. The summed E-state index contributed by atoms with van der Waals surface area (Å²) in [4.78, 5) is 12.8. The number of imidazole rings is 1. The van der Waals surface area contributed by atoms with Gasteiger partial charge in [-0.1, -0.05) is 0 Å². The molecule has 7 heteroatoms. The smallest absolute Gasteiger partial charge is 0.229 e. The highest BCUT2D eigenvalue weighted by Gasteiger charge is 2.03. The number of hydrogen-bond donors (Lipinski definition) is 3. The Morgan fingerprint density at radius 3 is 2.70 bits per heavy atom. The van der Waals surface area contributed by atoms with Crippen LogP contribution in [-0.4, -0.2) is 37.8 Å². The van der Waals surface area contributed by atoms with Gasteiger partial charge in [-0.2, -0.15) is 4.98 Å². The summed E-state index contributed by atoms with van der Waals surface area (Å²) in [5, 5.41) is 15.1. The number of anilines is 3. The molecule has 0 saturated heterocycles. The standard InChI is InChI=1S/C16H18N6O/c1-12-10-15(18-7-9-23)21-16(19-12)20-13-2-4-14(5-3-13)22-8-6-17-11-22/h2-6,8,10-11,23H,7,9H2,1H3,(H2,18,19,20,21). The molecule has 0 bridgehead atoms. The summed E-state index contributed by atoms with van der Waals surface area (Å²) in [7, 11) is 0. The molecule has 0 spiro atoms. The summed E-state index contributed by atoms with van der Waals surface area (Å²) in [6.45, 7) is 2.41. The van der Waals surface area contributed by atoms with Crippen LogP contribution in [0.2, 0.25) is 0 Å². The van der Waals surface area contributed by atoms with Gasteiger partial charge in [0.1, 0.15) is 5.82 Å². The number of aliphatic hydroxyl groups is 1. The maximum Gasteiger partial charge on any atom is 0.229 e. The fourth-order valence-electron chi connectivity index (χ4n) is 2.16. The molecular weight excluding hydrogens is 292 g/mol. The number of aryl methyl sites for hydroxylation is 1. The van der Waals surface area contributed by atoms with Crippen molar-refractivity contribution in [2.24, 2.45) is 0 Å². The van der Waals surface area contributed by atoms with Crippen molar-refractivity contribution in [3.05, 3.63) is 54.7 Å². The van der Waals surface area contributed by atoms with Gasteiger partial charge in [0.15, 0.2) is 0 Å². The highest BCUT2D eigenvalue weighted by Crippen LogP contribution is 2.18. The topological polar surface area (TPSA) is 87.9 Å². The monoisotopic (exact) mass is 310 g/mol. The third-order valence-electron chi connectivity index (χ3n) is 3.20. The molecule has 0 saturated carbocycles. The van der Waals surface area contributed by atoms with Crippen molar-refractivity contribution in [1.29, 1.82) is 0 Å². The quantitative estimate of drug-likeness (QED) is 0.646. The molecule has 0 amide bonds. The molecule has 0 unspecified atom stereocenters. The number of rotatable bonds is 6. The van der Waals surface area contributed by atoms with E-state index < -0.39 is 0 Å². The minimum Gasteiger partial charge on any atom is -0.395 e. The van der Waals surface area contributed by atoms with Crippen LogP contribution in [0.25, 0.3) is 5.69 Å². The minimum absolute atomic E-state index is 0.0571. The van der Waals surface area contributed by atoms with Crippen LogP contribution in [0.5, 0.6) is 0 Å². The van der Waals surface area contributed by atoms with E-state index in [-0.39, 0.29) is 6.61 Å². The van der Waals surface area contributed by atoms with Gasteiger partial charge in [0.25, 0.3) is 0 Å². The van der Waals surface area contributed by atoms with Gasteiger partial charge in [-0.05, 0) is 31.2 Å². The van der Waals surface area contributed by atoms with E-state index in [9.17, 15) is 0 Å². The first-order valence-corrected chi connectivity index (χ1v) is 7.30. The van der Waals surface area contributed by atoms with Crippen LogP contribution >= 0.6 is 0 Å². The summed E-state index contributed by atoms with van der Waals surface area (Å²) in [6.07, 6.45) is 5.39. The SMILES string of the molecule is Cc1cc(NCCO)nc(Nc2ccc(-n3ccnc3)cc2)n1. The molecule has 23 heavy (non-hydrogen) atoms. The normalized spacial score (nSPS) is 10.5. The van der Waals surface area contributed by atoms with Gasteiger partial charge < -0.3 is 20.3 Å². The molecule has 0 aliphatic carbocycles. The van der Waals surface area contributed by atoms with Gasteiger partial charge in [0.2, 0.25) is 5.95 Å². The second kappa shape index (κ2) is 6.89. The average Bonchev–Trinajstić information content (AvgIpc) is 3.07. The molecule has 118 valence electrons. The van der Waals surface area contributed by atoms with Crippen LogP contribution in [0, 0.1) is 6.92 Å². The number of benzene rings is 1. The van der Waals surface area contributed by atoms with E-state index in [1.165, 1.54) is 0 Å². The summed E-state index contributed by atoms with van der Waals surface area (Å²) in [6, 6.07) is 9.74. The lowest BCUT2D eigenvalue weighted by Gasteiger charge is -2.10.